The van der Waals surface area contributed by atoms with Crippen LogP contribution in [0.3, 0.4) is 0 Å². The van der Waals surface area contributed by atoms with E-state index in [2.05, 4.69) is 5.32 Å². The number of amides is 2. The Morgan fingerprint density at radius 1 is 1.00 bits per heavy atom. The number of halogens is 3. The molecule has 1 atom stereocenters. The predicted octanol–water partition coefficient (Wildman–Crippen LogP) is 2.50. The Hall–Kier alpha value is -2.87. The molecule has 2 amide bonds. The summed E-state index contributed by atoms with van der Waals surface area (Å²) < 4.78 is 40.0. The molecule has 2 aromatic carbocycles. The maximum absolute atomic E-state index is 13.3. The minimum absolute atomic E-state index is 0.333. The van der Waals surface area contributed by atoms with Gasteiger partial charge in [-0.2, -0.15) is 13.2 Å². The van der Waals surface area contributed by atoms with Crippen LogP contribution in [0.4, 0.5) is 18.9 Å². The van der Waals surface area contributed by atoms with E-state index in [1.807, 2.05) is 5.32 Å². The summed E-state index contributed by atoms with van der Waals surface area (Å²) in [5.74, 6) is -2.42. The van der Waals surface area contributed by atoms with Gasteiger partial charge in [0.25, 0.3) is 0 Å². The number of aliphatic hydroxyl groups is 1. The molecule has 0 spiro atoms. The Morgan fingerprint density at radius 2 is 1.65 bits per heavy atom. The molecule has 5 nitrogen and oxygen atoms in total. The topological polar surface area (TPSA) is 78.4 Å². The van der Waals surface area contributed by atoms with E-state index in [4.69, 9.17) is 0 Å². The van der Waals surface area contributed by atoms with Crippen LogP contribution in [-0.4, -0.2) is 29.6 Å². The number of aryl methyl sites for hydroxylation is 1. The summed E-state index contributed by atoms with van der Waals surface area (Å²) in [7, 11) is 0. The lowest BCUT2D eigenvalue weighted by atomic mass is 9.93. The Balaban J connectivity index is 2.09. The monoisotopic (exact) mass is 366 g/mol. The number of carbonyl (C=O) groups is 2. The van der Waals surface area contributed by atoms with Gasteiger partial charge in [0.15, 0.2) is 0 Å². The lowest BCUT2D eigenvalue weighted by Gasteiger charge is -2.31. The van der Waals surface area contributed by atoms with E-state index >= 15 is 0 Å². The van der Waals surface area contributed by atoms with Crippen molar-refractivity contribution in [1.82, 2.24) is 5.32 Å². The van der Waals surface area contributed by atoms with Gasteiger partial charge < -0.3 is 15.7 Å². The van der Waals surface area contributed by atoms with Crippen molar-refractivity contribution in [1.29, 1.82) is 0 Å². The molecule has 0 bridgehead atoms. The van der Waals surface area contributed by atoms with E-state index < -0.39 is 35.7 Å². The van der Waals surface area contributed by atoms with Crippen molar-refractivity contribution in [3.63, 3.8) is 0 Å². The van der Waals surface area contributed by atoms with Crippen LogP contribution in [-0.2, 0) is 15.2 Å². The third-order valence-corrected chi connectivity index (χ3v) is 3.71. The van der Waals surface area contributed by atoms with E-state index in [9.17, 15) is 27.9 Å². The Kier molecular flexibility index (Phi) is 5.66. The maximum Gasteiger partial charge on any atom is 0.423 e. The van der Waals surface area contributed by atoms with E-state index in [-0.39, 0.29) is 0 Å². The van der Waals surface area contributed by atoms with Gasteiger partial charge in [0, 0.05) is 5.69 Å². The van der Waals surface area contributed by atoms with Crippen molar-refractivity contribution in [3.8, 4) is 0 Å². The van der Waals surface area contributed by atoms with Crippen LogP contribution >= 0.6 is 0 Å². The zero-order valence-corrected chi connectivity index (χ0v) is 13.8. The first kappa shape index (κ1) is 19.5. The Bertz CT molecular complexity index is 794. The van der Waals surface area contributed by atoms with Crippen LogP contribution in [0.25, 0.3) is 0 Å². The fourth-order valence-corrected chi connectivity index (χ4v) is 2.28. The smallest absolute Gasteiger partial charge is 0.375 e. The fourth-order valence-electron chi connectivity index (χ4n) is 2.28. The van der Waals surface area contributed by atoms with Gasteiger partial charge in [-0.1, -0.05) is 42.5 Å². The first-order chi connectivity index (χ1) is 12.1. The highest BCUT2D eigenvalue weighted by Crippen LogP contribution is 2.38. The van der Waals surface area contributed by atoms with Gasteiger partial charge in [-0.15, -0.1) is 0 Å². The highest BCUT2D eigenvalue weighted by atomic mass is 19.4. The maximum atomic E-state index is 13.3. The summed E-state index contributed by atoms with van der Waals surface area (Å²) in [5.41, 5.74) is -2.59. The average Bonchev–Trinajstić information content (AvgIpc) is 2.59. The van der Waals surface area contributed by atoms with E-state index in [1.165, 1.54) is 24.3 Å². The van der Waals surface area contributed by atoms with Gasteiger partial charge >= 0.3 is 18.0 Å². The summed E-state index contributed by atoms with van der Waals surface area (Å²) in [6, 6.07) is 12.9. The molecule has 0 aromatic heterocycles. The van der Waals surface area contributed by atoms with E-state index in [0.29, 0.717) is 5.69 Å². The van der Waals surface area contributed by atoms with Crippen LogP contribution in [0.15, 0.2) is 54.6 Å². The van der Waals surface area contributed by atoms with Crippen molar-refractivity contribution >= 4 is 17.5 Å². The number of hydrogen-bond acceptors (Lipinski definition) is 3. The molecule has 0 aliphatic carbocycles. The molecular weight excluding hydrogens is 349 g/mol. The first-order valence-corrected chi connectivity index (χ1v) is 7.64. The molecule has 2 rings (SSSR count). The lowest BCUT2D eigenvalue weighted by Crippen LogP contribution is -2.52. The zero-order chi connectivity index (χ0) is 19.4. The summed E-state index contributed by atoms with van der Waals surface area (Å²) in [5, 5.41) is 14.2. The van der Waals surface area contributed by atoms with E-state index in [0.717, 1.165) is 17.7 Å². The number of alkyl halides is 3. The second-order valence-electron chi connectivity index (χ2n) is 5.73. The number of benzene rings is 2. The lowest BCUT2D eigenvalue weighted by molar-refractivity contribution is -0.264. The minimum atomic E-state index is -5.05. The molecule has 8 heteroatoms. The molecular formula is C18H17F3N2O3. The van der Waals surface area contributed by atoms with Gasteiger partial charge in [-0.25, -0.2) is 0 Å². The number of rotatable bonds is 4. The van der Waals surface area contributed by atoms with Crippen LogP contribution in [0.5, 0.6) is 0 Å². The molecule has 0 saturated carbocycles. The Morgan fingerprint density at radius 3 is 2.23 bits per heavy atom. The molecule has 0 saturated heterocycles. The van der Waals surface area contributed by atoms with Crippen LogP contribution < -0.4 is 10.6 Å². The largest absolute Gasteiger partial charge is 0.423 e. The van der Waals surface area contributed by atoms with Crippen molar-refractivity contribution in [2.24, 2.45) is 0 Å². The van der Waals surface area contributed by atoms with Crippen LogP contribution in [0, 0.1) is 6.92 Å². The van der Waals surface area contributed by atoms with Gasteiger partial charge in [0.05, 0.1) is 6.54 Å². The molecule has 0 heterocycles. The van der Waals surface area contributed by atoms with Crippen molar-refractivity contribution in [3.05, 3.63) is 65.7 Å². The molecule has 0 aliphatic heterocycles. The molecule has 0 radical (unpaired) electrons. The third kappa shape index (κ3) is 4.40. The third-order valence-electron chi connectivity index (χ3n) is 3.71. The molecule has 3 N–H and O–H groups in total. The summed E-state index contributed by atoms with van der Waals surface area (Å²) >= 11 is 0. The SMILES string of the molecule is Cc1cccc(NC(=O)C(=O)NCC(O)(c2ccccc2)C(F)(F)F)c1. The molecule has 138 valence electrons. The Labute approximate surface area is 147 Å². The summed E-state index contributed by atoms with van der Waals surface area (Å²) in [6.45, 7) is 0.583. The second kappa shape index (κ2) is 7.57. The molecule has 0 fully saturated rings. The highest BCUT2D eigenvalue weighted by Gasteiger charge is 2.55. The normalized spacial score (nSPS) is 13.6. The van der Waals surface area contributed by atoms with Gasteiger partial charge in [-0.3, -0.25) is 9.59 Å². The van der Waals surface area contributed by atoms with Crippen LogP contribution in [0.1, 0.15) is 11.1 Å². The first-order valence-electron chi connectivity index (χ1n) is 7.64. The molecule has 26 heavy (non-hydrogen) atoms. The summed E-state index contributed by atoms with van der Waals surface area (Å²) in [6.07, 6.45) is -5.05. The number of nitrogens with one attached hydrogen (secondary N) is 2. The standard InChI is InChI=1S/C18H17F3N2O3/c1-12-6-5-9-14(10-12)23-16(25)15(24)22-11-17(26,18(19,20)21)13-7-3-2-4-8-13/h2-10,26H,11H2,1H3,(H,22,24)(H,23,25). The van der Waals surface area contributed by atoms with Crippen molar-refractivity contribution < 1.29 is 27.9 Å². The molecule has 2 aromatic rings. The molecule has 1 unspecified atom stereocenters. The predicted molar refractivity (Wildman–Crippen MR) is 89.2 cm³/mol. The van der Waals surface area contributed by atoms with Gasteiger partial charge in [-0.05, 0) is 30.2 Å². The quantitative estimate of drug-likeness (QED) is 0.728. The van der Waals surface area contributed by atoms with Crippen LogP contribution in [0.2, 0.25) is 0 Å². The minimum Gasteiger partial charge on any atom is -0.375 e. The van der Waals surface area contributed by atoms with Crippen molar-refractivity contribution in [2.45, 2.75) is 18.7 Å². The fraction of sp³-hybridized carbons (Fsp3) is 0.222. The zero-order valence-electron chi connectivity index (χ0n) is 13.8. The van der Waals surface area contributed by atoms with Crippen molar-refractivity contribution in [2.75, 3.05) is 11.9 Å². The molecule has 0 aliphatic rings. The number of hydrogen-bond donors (Lipinski definition) is 3. The number of anilines is 1. The van der Waals surface area contributed by atoms with Gasteiger partial charge in [0.1, 0.15) is 0 Å². The highest BCUT2D eigenvalue weighted by molar-refractivity contribution is 6.39. The van der Waals surface area contributed by atoms with Gasteiger partial charge in [0.2, 0.25) is 5.60 Å². The number of carbonyl (C=O) groups excluding carboxylic acids is 2. The summed E-state index contributed by atoms with van der Waals surface area (Å²) in [4.78, 5) is 23.7. The average molecular weight is 366 g/mol. The second-order valence-corrected chi connectivity index (χ2v) is 5.73. The van der Waals surface area contributed by atoms with E-state index in [1.54, 1.807) is 25.1 Å².